The van der Waals surface area contributed by atoms with Crippen LogP contribution in [0.5, 0.6) is 0 Å². The quantitative estimate of drug-likeness (QED) is 0.714. The maximum atomic E-state index is 13.4. The molecule has 0 spiro atoms. The Hall–Kier alpha value is -1.49. The van der Waals surface area contributed by atoms with E-state index in [4.69, 9.17) is 10.3 Å². The van der Waals surface area contributed by atoms with Crippen LogP contribution < -0.4 is 11.1 Å². The van der Waals surface area contributed by atoms with Crippen molar-refractivity contribution >= 4 is 16.1 Å². The summed E-state index contributed by atoms with van der Waals surface area (Å²) in [7, 11) is -3.51. The van der Waals surface area contributed by atoms with Gasteiger partial charge in [-0.25, -0.2) is 0 Å². The third-order valence-corrected chi connectivity index (χ3v) is 9.38. The predicted octanol–water partition coefficient (Wildman–Crippen LogP) is 1.19. The molecule has 2 bridgehead atoms. The molecule has 9 nitrogen and oxygen atoms in total. The van der Waals surface area contributed by atoms with Crippen molar-refractivity contribution in [1.29, 1.82) is 0 Å². The lowest BCUT2D eigenvalue weighted by atomic mass is 9.96. The van der Waals surface area contributed by atoms with Crippen LogP contribution in [0.3, 0.4) is 0 Å². The van der Waals surface area contributed by atoms with Gasteiger partial charge in [-0.2, -0.15) is 17.0 Å². The first-order chi connectivity index (χ1) is 14.3. The maximum Gasteiger partial charge on any atom is 0.282 e. The molecule has 30 heavy (non-hydrogen) atoms. The molecule has 4 aliphatic rings. The Balaban J connectivity index is 1.23. The normalized spacial score (nSPS) is 35.5. The zero-order valence-corrected chi connectivity index (χ0v) is 18.2. The van der Waals surface area contributed by atoms with Gasteiger partial charge in [0.1, 0.15) is 5.76 Å². The summed E-state index contributed by atoms with van der Waals surface area (Å²) < 4.78 is 35.4. The number of aromatic nitrogens is 1. The number of hydrogen-bond acceptors (Lipinski definition) is 6. The number of rotatable bonds is 5. The fraction of sp³-hybridized carbons (Fsp3) is 0.800. The summed E-state index contributed by atoms with van der Waals surface area (Å²) >= 11 is 0. The van der Waals surface area contributed by atoms with Crippen LogP contribution in [0, 0.1) is 5.92 Å². The maximum absolute atomic E-state index is 13.4. The Morgan fingerprint density at radius 1 is 1.20 bits per heavy atom. The molecule has 1 amide bonds. The van der Waals surface area contributed by atoms with Gasteiger partial charge in [0.15, 0.2) is 5.69 Å². The molecule has 0 aromatic carbocycles. The topological polar surface area (TPSA) is 122 Å². The largest absolute Gasteiger partial charge is 0.360 e. The first kappa shape index (κ1) is 20.4. The van der Waals surface area contributed by atoms with Gasteiger partial charge in [-0.1, -0.05) is 12.1 Å². The number of nitrogens with one attached hydrogen (secondary N) is 1. The minimum atomic E-state index is -3.51. The molecule has 3 N–H and O–H groups in total. The van der Waals surface area contributed by atoms with Crippen LogP contribution in [0.1, 0.15) is 74.0 Å². The lowest BCUT2D eigenvalue weighted by Crippen LogP contribution is -2.58. The fourth-order valence-electron chi connectivity index (χ4n) is 5.31. The van der Waals surface area contributed by atoms with E-state index in [1.54, 1.807) is 14.7 Å². The van der Waals surface area contributed by atoms with Crippen molar-refractivity contribution in [2.45, 2.75) is 82.0 Å². The van der Waals surface area contributed by atoms with Crippen molar-refractivity contribution in [2.24, 2.45) is 11.7 Å². The van der Waals surface area contributed by atoms with E-state index in [1.807, 2.05) is 6.92 Å². The van der Waals surface area contributed by atoms with Crippen LogP contribution in [-0.4, -0.2) is 65.3 Å². The fourth-order valence-corrected chi connectivity index (χ4v) is 7.48. The Labute approximate surface area is 177 Å². The third-order valence-electron chi connectivity index (χ3n) is 7.27. The molecular formula is C20H31N5O4S. The van der Waals surface area contributed by atoms with Gasteiger partial charge in [0, 0.05) is 49.2 Å². The Bertz CT molecular complexity index is 900. The standard InChI is InChI=1S/C20H31N5O4S/c1-12-11-24(7-6-17(12)21)30(27,28)25-15-4-5-16(25)9-14(8-15)22-20(26)18-10-19(29-23-18)13-2-3-13/h10,12-17H,2-9,11,21H2,1H3,(H,22,26)/t12?,14-,15+,16-,17?. The van der Waals surface area contributed by atoms with E-state index in [0.29, 0.717) is 44.0 Å². The molecular weight excluding hydrogens is 406 g/mol. The highest BCUT2D eigenvalue weighted by Gasteiger charge is 2.49. The number of carbonyl (C=O) groups excluding carboxylic acids is 1. The zero-order valence-electron chi connectivity index (χ0n) is 17.4. The predicted molar refractivity (Wildman–Crippen MR) is 110 cm³/mol. The van der Waals surface area contributed by atoms with Gasteiger partial charge in [-0.15, -0.1) is 0 Å². The van der Waals surface area contributed by atoms with Gasteiger partial charge < -0.3 is 15.6 Å². The van der Waals surface area contributed by atoms with Crippen molar-refractivity contribution in [2.75, 3.05) is 13.1 Å². The number of carbonyl (C=O) groups is 1. The van der Waals surface area contributed by atoms with Crippen LogP contribution in [0.2, 0.25) is 0 Å². The highest BCUT2D eigenvalue weighted by molar-refractivity contribution is 7.86. The monoisotopic (exact) mass is 437 g/mol. The summed E-state index contributed by atoms with van der Waals surface area (Å²) in [5, 5.41) is 6.97. The second-order valence-electron chi connectivity index (χ2n) is 9.54. The second-order valence-corrected chi connectivity index (χ2v) is 11.4. The van der Waals surface area contributed by atoms with Crippen LogP contribution in [0.4, 0.5) is 0 Å². The van der Waals surface area contributed by atoms with Gasteiger partial charge >= 0.3 is 0 Å². The highest BCUT2D eigenvalue weighted by Crippen LogP contribution is 2.41. The van der Waals surface area contributed by atoms with E-state index < -0.39 is 10.2 Å². The molecule has 4 fully saturated rings. The summed E-state index contributed by atoms with van der Waals surface area (Å²) in [4.78, 5) is 12.6. The van der Waals surface area contributed by atoms with Gasteiger partial charge in [-0.3, -0.25) is 4.79 Å². The Morgan fingerprint density at radius 2 is 1.90 bits per heavy atom. The average molecular weight is 438 g/mol. The highest BCUT2D eigenvalue weighted by atomic mass is 32.2. The number of nitrogens with two attached hydrogens (primary N) is 1. The van der Waals surface area contributed by atoms with Crippen LogP contribution in [-0.2, 0) is 10.2 Å². The number of hydrogen-bond donors (Lipinski definition) is 2. The summed E-state index contributed by atoms with van der Waals surface area (Å²) in [6.07, 6.45) is 5.84. The summed E-state index contributed by atoms with van der Waals surface area (Å²) in [5.74, 6) is 1.13. The molecule has 1 aromatic rings. The number of amides is 1. The summed E-state index contributed by atoms with van der Waals surface area (Å²) in [5.41, 5.74) is 6.39. The first-order valence-corrected chi connectivity index (χ1v) is 12.5. The van der Waals surface area contributed by atoms with Crippen LogP contribution in [0.15, 0.2) is 10.6 Å². The smallest absolute Gasteiger partial charge is 0.282 e. The van der Waals surface area contributed by atoms with E-state index in [0.717, 1.165) is 31.4 Å². The zero-order chi connectivity index (χ0) is 21.0. The Kier molecular flexibility index (Phi) is 5.16. The molecule has 0 radical (unpaired) electrons. The molecule has 3 aliphatic heterocycles. The van der Waals surface area contributed by atoms with E-state index in [9.17, 15) is 13.2 Å². The Morgan fingerprint density at radius 3 is 2.53 bits per heavy atom. The summed E-state index contributed by atoms with van der Waals surface area (Å²) in [6.45, 7) is 2.98. The minimum absolute atomic E-state index is 0.0452. The van der Waals surface area contributed by atoms with Crippen molar-refractivity contribution in [1.82, 2.24) is 19.1 Å². The van der Waals surface area contributed by atoms with E-state index in [1.165, 1.54) is 0 Å². The van der Waals surface area contributed by atoms with Gasteiger partial charge in [0.05, 0.1) is 0 Å². The molecule has 1 aliphatic carbocycles. The number of nitrogens with zero attached hydrogens (tertiary/aromatic N) is 3. The average Bonchev–Trinajstić information content (AvgIpc) is 3.36. The molecule has 4 heterocycles. The lowest BCUT2D eigenvalue weighted by molar-refractivity contribution is 0.0897. The molecule has 10 heteroatoms. The molecule has 5 atom stereocenters. The molecule has 5 rings (SSSR count). The van der Waals surface area contributed by atoms with Crippen molar-refractivity contribution < 1.29 is 17.7 Å². The molecule has 3 saturated heterocycles. The van der Waals surface area contributed by atoms with Crippen molar-refractivity contribution in [3.8, 4) is 0 Å². The number of fused-ring (bicyclic) bond motifs is 2. The minimum Gasteiger partial charge on any atom is -0.360 e. The van der Waals surface area contributed by atoms with E-state index >= 15 is 0 Å². The van der Waals surface area contributed by atoms with E-state index in [-0.39, 0.29) is 36.0 Å². The SMILES string of the molecule is CC1CN(S(=O)(=O)N2[C@@H]3CC[C@H]2C[C@@H](NC(=O)c2cc(C4CC4)on2)C3)CCC1N. The third kappa shape index (κ3) is 3.68. The summed E-state index contributed by atoms with van der Waals surface area (Å²) in [6, 6.07) is 1.62. The van der Waals surface area contributed by atoms with Crippen LogP contribution in [0.25, 0.3) is 0 Å². The molecule has 166 valence electrons. The van der Waals surface area contributed by atoms with Gasteiger partial charge in [-0.05, 0) is 50.9 Å². The van der Waals surface area contributed by atoms with Gasteiger partial charge in [0.25, 0.3) is 16.1 Å². The molecule has 1 saturated carbocycles. The van der Waals surface area contributed by atoms with Crippen molar-refractivity contribution in [3.63, 3.8) is 0 Å². The van der Waals surface area contributed by atoms with E-state index in [2.05, 4.69) is 10.5 Å². The molecule has 2 unspecified atom stereocenters. The second kappa shape index (κ2) is 7.58. The van der Waals surface area contributed by atoms with Gasteiger partial charge in [0.2, 0.25) is 0 Å². The lowest BCUT2D eigenvalue weighted by Gasteiger charge is -2.43. The number of piperidine rings is 2. The van der Waals surface area contributed by atoms with Crippen molar-refractivity contribution in [3.05, 3.63) is 17.5 Å². The first-order valence-electron chi connectivity index (χ1n) is 11.1. The van der Waals surface area contributed by atoms with Crippen LogP contribution >= 0.6 is 0 Å². The molecule has 1 aromatic heterocycles.